The summed E-state index contributed by atoms with van der Waals surface area (Å²) < 4.78 is 35.9. The fourth-order valence-electron chi connectivity index (χ4n) is 4.32. The van der Waals surface area contributed by atoms with Crippen LogP contribution in [0.25, 0.3) is 10.8 Å². The predicted molar refractivity (Wildman–Crippen MR) is 118 cm³/mol. The summed E-state index contributed by atoms with van der Waals surface area (Å²) in [6.07, 6.45) is 1.01. The molecule has 8 nitrogen and oxygen atoms in total. The van der Waals surface area contributed by atoms with E-state index < -0.39 is 18.0 Å². The molecular weight excluding hydrogens is 452 g/mol. The van der Waals surface area contributed by atoms with Crippen LogP contribution in [0.2, 0.25) is 5.15 Å². The number of methoxy groups -OCH3 is 1. The van der Waals surface area contributed by atoms with Crippen LogP contribution < -0.4 is 10.1 Å². The molecule has 1 aliphatic rings. The lowest BCUT2D eigenvalue weighted by Gasteiger charge is -2.35. The number of imidazole rings is 1. The summed E-state index contributed by atoms with van der Waals surface area (Å²) in [5.41, 5.74) is 1.62. The lowest BCUT2D eigenvalue weighted by atomic mass is 9.88. The number of fused-ring (bicyclic) bond motifs is 1. The maximum atomic E-state index is 13.5. The van der Waals surface area contributed by atoms with Gasteiger partial charge in [0.05, 0.1) is 25.2 Å². The van der Waals surface area contributed by atoms with E-state index in [9.17, 15) is 8.78 Å². The van der Waals surface area contributed by atoms with Crippen molar-refractivity contribution in [2.24, 2.45) is 7.05 Å². The van der Waals surface area contributed by atoms with Crippen molar-refractivity contribution in [1.82, 2.24) is 35.1 Å². The van der Waals surface area contributed by atoms with Gasteiger partial charge in [-0.3, -0.25) is 5.32 Å². The van der Waals surface area contributed by atoms with Crippen LogP contribution in [0.15, 0.2) is 42.7 Å². The number of ether oxygens (including phenoxy) is 1. The molecule has 0 bridgehead atoms. The fourth-order valence-corrected chi connectivity index (χ4v) is 4.61. The zero-order valence-electron chi connectivity index (χ0n) is 18.0. The van der Waals surface area contributed by atoms with Crippen LogP contribution in [0.4, 0.5) is 8.78 Å². The Morgan fingerprint density at radius 3 is 2.76 bits per heavy atom. The molecule has 1 atom stereocenters. The van der Waals surface area contributed by atoms with Crippen LogP contribution in [0.3, 0.4) is 0 Å². The number of halogens is 3. The Morgan fingerprint density at radius 2 is 2.06 bits per heavy atom. The van der Waals surface area contributed by atoms with Gasteiger partial charge < -0.3 is 9.30 Å². The van der Waals surface area contributed by atoms with Crippen molar-refractivity contribution in [2.75, 3.05) is 7.11 Å². The second-order valence-corrected chi connectivity index (χ2v) is 8.62. The van der Waals surface area contributed by atoms with Crippen molar-refractivity contribution in [3.8, 4) is 5.75 Å². The molecule has 0 aliphatic heterocycles. The van der Waals surface area contributed by atoms with E-state index in [0.717, 1.165) is 22.1 Å². The molecule has 2 aromatic heterocycles. The Morgan fingerprint density at radius 1 is 1.27 bits per heavy atom. The van der Waals surface area contributed by atoms with E-state index >= 15 is 0 Å². The first kappa shape index (κ1) is 21.7. The van der Waals surface area contributed by atoms with Gasteiger partial charge in [-0.1, -0.05) is 35.9 Å². The van der Waals surface area contributed by atoms with Gasteiger partial charge in [0, 0.05) is 31.8 Å². The Labute approximate surface area is 193 Å². The summed E-state index contributed by atoms with van der Waals surface area (Å²) in [5, 5.41) is 17.8. The van der Waals surface area contributed by atoms with Gasteiger partial charge in [-0.05, 0) is 33.5 Å². The molecular formula is C22H22ClF2N7O. The Hall–Kier alpha value is -3.11. The van der Waals surface area contributed by atoms with Crippen molar-refractivity contribution in [2.45, 2.75) is 37.4 Å². The third-order valence-corrected chi connectivity index (χ3v) is 6.31. The molecule has 0 saturated heterocycles. The molecule has 1 aliphatic carbocycles. The summed E-state index contributed by atoms with van der Waals surface area (Å²) in [7, 11) is 3.45. The van der Waals surface area contributed by atoms with E-state index in [0.29, 0.717) is 23.2 Å². The second-order valence-electron chi connectivity index (χ2n) is 8.26. The molecule has 1 fully saturated rings. The average Bonchev–Trinajstić information content (AvgIpc) is 3.39. The Balaban J connectivity index is 1.49. The van der Waals surface area contributed by atoms with E-state index in [1.807, 2.05) is 37.4 Å². The zero-order chi connectivity index (χ0) is 23.2. The first-order valence-corrected chi connectivity index (χ1v) is 10.9. The normalized spacial score (nSPS) is 16.6. The first-order chi connectivity index (χ1) is 15.9. The molecule has 172 valence electrons. The van der Waals surface area contributed by atoms with Gasteiger partial charge in [-0.2, -0.15) is 0 Å². The number of hydrogen-bond acceptors (Lipinski definition) is 6. The minimum absolute atomic E-state index is 0.291. The zero-order valence-corrected chi connectivity index (χ0v) is 18.8. The lowest BCUT2D eigenvalue weighted by Crippen LogP contribution is -2.39. The van der Waals surface area contributed by atoms with E-state index in [-0.39, 0.29) is 12.8 Å². The maximum absolute atomic E-state index is 13.5. The van der Waals surface area contributed by atoms with Gasteiger partial charge in [0.2, 0.25) is 0 Å². The largest absolute Gasteiger partial charge is 0.496 e. The molecule has 0 radical (unpaired) electrons. The Bertz CT molecular complexity index is 1280. The van der Waals surface area contributed by atoms with Gasteiger partial charge >= 0.3 is 0 Å². The van der Waals surface area contributed by atoms with Crippen LogP contribution in [0.5, 0.6) is 5.75 Å². The number of tetrazole rings is 1. The van der Waals surface area contributed by atoms with E-state index in [1.165, 1.54) is 4.68 Å². The van der Waals surface area contributed by atoms with Crippen LogP contribution in [-0.4, -0.2) is 42.8 Å². The molecule has 11 heteroatoms. The van der Waals surface area contributed by atoms with Crippen LogP contribution in [0, 0.1) is 0 Å². The smallest absolute Gasteiger partial charge is 0.252 e. The highest BCUT2D eigenvalue weighted by Crippen LogP contribution is 2.46. The van der Waals surface area contributed by atoms with Crippen LogP contribution in [0.1, 0.15) is 42.0 Å². The highest BCUT2D eigenvalue weighted by Gasteiger charge is 2.48. The Kier molecular flexibility index (Phi) is 5.49. The average molecular weight is 474 g/mol. The number of alkyl halides is 2. The van der Waals surface area contributed by atoms with E-state index in [4.69, 9.17) is 16.3 Å². The number of nitrogens with zero attached hydrogens (tertiary/aromatic N) is 6. The molecule has 0 spiro atoms. The van der Waals surface area contributed by atoms with Gasteiger partial charge in [0.25, 0.3) is 5.92 Å². The minimum Gasteiger partial charge on any atom is -0.496 e. The van der Waals surface area contributed by atoms with Gasteiger partial charge in [0.15, 0.2) is 11.0 Å². The molecule has 2 aromatic carbocycles. The van der Waals surface area contributed by atoms with Crippen molar-refractivity contribution in [3.05, 3.63) is 65.0 Å². The number of aryl methyl sites for hydroxylation is 1. The summed E-state index contributed by atoms with van der Waals surface area (Å²) >= 11 is 6.40. The molecule has 0 amide bonds. The fraction of sp³-hybridized carbons (Fsp3) is 0.364. The van der Waals surface area contributed by atoms with Crippen molar-refractivity contribution in [3.63, 3.8) is 0 Å². The van der Waals surface area contributed by atoms with E-state index in [1.54, 1.807) is 18.0 Å². The number of hydrogen-bond donors (Lipinski definition) is 1. The van der Waals surface area contributed by atoms with Crippen LogP contribution >= 0.6 is 11.6 Å². The number of rotatable bonds is 7. The highest BCUT2D eigenvalue weighted by molar-refractivity contribution is 6.30. The second kappa shape index (κ2) is 8.35. The third kappa shape index (κ3) is 4.04. The number of aromatic nitrogens is 6. The van der Waals surface area contributed by atoms with E-state index in [2.05, 4.69) is 31.9 Å². The van der Waals surface area contributed by atoms with Gasteiger partial charge in [0.1, 0.15) is 11.8 Å². The molecule has 2 heterocycles. The number of nitrogens with one attached hydrogen (secondary N) is 1. The molecule has 1 N–H and O–H groups in total. The van der Waals surface area contributed by atoms with Crippen LogP contribution in [-0.2, 0) is 13.6 Å². The SMILES string of the molecule is COc1cc(CNC(c2c(Cl)ncn2C)c2nnnn2C2CC(F)(F)C2)cc2ccccc12. The molecule has 5 rings (SSSR count). The molecule has 1 saturated carbocycles. The van der Waals surface area contributed by atoms with Crippen molar-refractivity contribution >= 4 is 22.4 Å². The summed E-state index contributed by atoms with van der Waals surface area (Å²) in [5.74, 6) is -1.52. The molecule has 4 aromatic rings. The maximum Gasteiger partial charge on any atom is 0.252 e. The molecule has 33 heavy (non-hydrogen) atoms. The van der Waals surface area contributed by atoms with Crippen molar-refractivity contribution in [1.29, 1.82) is 0 Å². The van der Waals surface area contributed by atoms with Gasteiger partial charge in [-0.15, -0.1) is 5.10 Å². The standard InChI is InChI=1S/C22H22ClF2N7O/c1-31-12-27-20(23)19(31)18(21-28-29-30-32(21)15-9-22(24,25)10-15)26-11-13-7-14-5-3-4-6-16(14)17(8-13)33-2/h3-8,12,15,18,26H,9-11H2,1-2H3. The third-order valence-electron chi connectivity index (χ3n) is 6.01. The van der Waals surface area contributed by atoms with Crippen molar-refractivity contribution < 1.29 is 13.5 Å². The predicted octanol–water partition coefficient (Wildman–Crippen LogP) is 4.07. The minimum atomic E-state index is -2.69. The monoisotopic (exact) mass is 473 g/mol. The summed E-state index contributed by atoms with van der Waals surface area (Å²) in [6.45, 7) is 0.432. The quantitative estimate of drug-likeness (QED) is 0.435. The topological polar surface area (TPSA) is 82.7 Å². The summed E-state index contributed by atoms with van der Waals surface area (Å²) in [4.78, 5) is 4.17. The van der Waals surface area contributed by atoms with Gasteiger partial charge in [-0.25, -0.2) is 18.4 Å². The number of benzene rings is 2. The summed E-state index contributed by atoms with van der Waals surface area (Å²) in [6, 6.07) is 11.0. The highest BCUT2D eigenvalue weighted by atomic mass is 35.5. The first-order valence-electron chi connectivity index (χ1n) is 10.5. The molecule has 1 unspecified atom stereocenters. The lowest BCUT2D eigenvalue weighted by molar-refractivity contribution is -0.108.